The Bertz CT molecular complexity index is 1280. The highest BCUT2D eigenvalue weighted by Crippen LogP contribution is 2.38. The van der Waals surface area contributed by atoms with Crippen LogP contribution in [-0.2, 0) is 0 Å². The van der Waals surface area contributed by atoms with Crippen molar-refractivity contribution >= 4 is 51.0 Å². The van der Waals surface area contributed by atoms with E-state index >= 15 is 0 Å². The van der Waals surface area contributed by atoms with Crippen molar-refractivity contribution in [3.8, 4) is 0 Å². The van der Waals surface area contributed by atoms with Gasteiger partial charge < -0.3 is 14.9 Å². The lowest BCUT2D eigenvalue weighted by atomic mass is 10.1. The van der Waals surface area contributed by atoms with Crippen LogP contribution in [-0.4, -0.2) is 24.5 Å². The second-order valence-corrected chi connectivity index (χ2v) is 7.73. The highest BCUT2D eigenvalue weighted by Gasteiger charge is 2.29. The SMILES string of the molecule is C[C@H](Nc1nc(Cl)nc2nc[nH]c12)c1cc2cccc(Cl)c2c(=O)n1C1CC1. The standard InChI is InChI=1S/C19H16Cl2N6O/c1-9(24-17-15-16(23-8-22-15)25-19(21)26-17)13-7-10-3-2-4-12(20)14(10)18(28)27(13)11-5-6-11/h2-4,7-9,11H,5-6H2,1H3,(H2,22,23,24,25,26)/t9-/m0/s1. The van der Waals surface area contributed by atoms with Gasteiger partial charge in [0, 0.05) is 11.7 Å². The molecule has 0 saturated heterocycles. The number of H-pyrrole nitrogens is 1. The minimum absolute atomic E-state index is 0.0540. The maximum absolute atomic E-state index is 13.2. The van der Waals surface area contributed by atoms with Crippen LogP contribution < -0.4 is 10.9 Å². The molecule has 0 bridgehead atoms. The molecule has 7 nitrogen and oxygen atoms in total. The van der Waals surface area contributed by atoms with Gasteiger partial charge in [-0.15, -0.1) is 0 Å². The van der Waals surface area contributed by atoms with Crippen LogP contribution >= 0.6 is 23.2 Å². The average Bonchev–Trinajstić information content (AvgIpc) is 3.38. The Morgan fingerprint density at radius 3 is 2.89 bits per heavy atom. The van der Waals surface area contributed by atoms with Crippen LogP contribution in [0.25, 0.3) is 21.9 Å². The molecular formula is C19H16Cl2N6O. The number of aromatic nitrogens is 5. The molecule has 0 radical (unpaired) electrons. The Morgan fingerprint density at radius 1 is 1.29 bits per heavy atom. The number of nitrogens with one attached hydrogen (secondary N) is 2. The zero-order valence-electron chi connectivity index (χ0n) is 14.9. The molecule has 1 aliphatic rings. The normalized spacial score (nSPS) is 15.2. The quantitative estimate of drug-likeness (QED) is 0.480. The van der Waals surface area contributed by atoms with Gasteiger partial charge in [0.25, 0.3) is 5.56 Å². The molecule has 0 amide bonds. The van der Waals surface area contributed by atoms with Gasteiger partial charge in [-0.1, -0.05) is 23.7 Å². The number of hydrogen-bond acceptors (Lipinski definition) is 5. The number of rotatable bonds is 4. The number of benzene rings is 1. The van der Waals surface area contributed by atoms with Gasteiger partial charge in [0.15, 0.2) is 11.5 Å². The van der Waals surface area contributed by atoms with Crippen molar-refractivity contribution in [1.82, 2.24) is 24.5 Å². The van der Waals surface area contributed by atoms with E-state index in [9.17, 15) is 4.79 Å². The Kier molecular flexibility index (Phi) is 4.03. The summed E-state index contributed by atoms with van der Waals surface area (Å²) in [6.07, 6.45) is 3.52. The van der Waals surface area contributed by atoms with E-state index in [0.717, 1.165) is 23.9 Å². The first-order valence-electron chi connectivity index (χ1n) is 8.99. The lowest BCUT2D eigenvalue weighted by Crippen LogP contribution is -2.26. The van der Waals surface area contributed by atoms with E-state index in [0.29, 0.717) is 27.4 Å². The largest absolute Gasteiger partial charge is 0.360 e. The van der Waals surface area contributed by atoms with E-state index in [1.807, 2.05) is 29.7 Å². The molecule has 28 heavy (non-hydrogen) atoms. The van der Waals surface area contributed by atoms with Crippen LogP contribution in [0.15, 0.2) is 35.4 Å². The second-order valence-electron chi connectivity index (χ2n) is 6.99. The predicted molar refractivity (Wildman–Crippen MR) is 110 cm³/mol. The molecule has 0 unspecified atom stereocenters. The number of hydrogen-bond donors (Lipinski definition) is 2. The molecule has 3 heterocycles. The van der Waals surface area contributed by atoms with Crippen LogP contribution in [0.4, 0.5) is 5.82 Å². The van der Waals surface area contributed by atoms with Crippen molar-refractivity contribution in [1.29, 1.82) is 0 Å². The third-order valence-electron chi connectivity index (χ3n) is 5.03. The minimum atomic E-state index is -0.200. The first-order valence-corrected chi connectivity index (χ1v) is 9.75. The Labute approximate surface area is 169 Å². The van der Waals surface area contributed by atoms with E-state index in [2.05, 4.69) is 25.3 Å². The Hall–Kier alpha value is -2.64. The van der Waals surface area contributed by atoms with Gasteiger partial charge in [-0.25, -0.2) is 4.98 Å². The minimum Gasteiger partial charge on any atom is -0.360 e. The van der Waals surface area contributed by atoms with E-state index < -0.39 is 0 Å². The summed E-state index contributed by atoms with van der Waals surface area (Å²) in [4.78, 5) is 28.8. The zero-order valence-corrected chi connectivity index (χ0v) is 16.4. The Morgan fingerprint density at radius 2 is 2.11 bits per heavy atom. The van der Waals surface area contributed by atoms with E-state index in [1.54, 1.807) is 12.4 Å². The molecule has 0 spiro atoms. The summed E-state index contributed by atoms with van der Waals surface area (Å²) in [5.74, 6) is 0.543. The number of fused-ring (bicyclic) bond motifs is 2. The Balaban J connectivity index is 1.65. The summed E-state index contributed by atoms with van der Waals surface area (Å²) in [5.41, 5.74) is 1.98. The molecule has 4 aromatic rings. The van der Waals surface area contributed by atoms with Gasteiger partial charge in [-0.3, -0.25) is 4.79 Å². The van der Waals surface area contributed by atoms with Gasteiger partial charge in [0.05, 0.1) is 22.8 Å². The summed E-state index contributed by atoms with van der Waals surface area (Å²) in [6.45, 7) is 1.99. The monoisotopic (exact) mass is 414 g/mol. The topological polar surface area (TPSA) is 88.5 Å². The molecule has 1 saturated carbocycles. The van der Waals surface area contributed by atoms with Crippen molar-refractivity contribution < 1.29 is 0 Å². The van der Waals surface area contributed by atoms with Crippen LogP contribution in [0.3, 0.4) is 0 Å². The number of imidazole rings is 1. The summed E-state index contributed by atoms with van der Waals surface area (Å²) in [7, 11) is 0. The number of anilines is 1. The molecule has 1 aromatic carbocycles. The molecule has 1 aliphatic carbocycles. The molecule has 3 aromatic heterocycles. The van der Waals surface area contributed by atoms with Gasteiger partial charge in [-0.05, 0) is 48.9 Å². The molecule has 142 valence electrons. The van der Waals surface area contributed by atoms with Crippen molar-refractivity contribution in [2.45, 2.75) is 31.8 Å². The smallest absolute Gasteiger partial charge is 0.260 e. The van der Waals surface area contributed by atoms with Crippen molar-refractivity contribution in [3.05, 3.63) is 56.9 Å². The summed E-state index contributed by atoms with van der Waals surface area (Å²) in [6, 6.07) is 7.53. The van der Waals surface area contributed by atoms with Gasteiger partial charge in [0.2, 0.25) is 5.28 Å². The average molecular weight is 415 g/mol. The highest BCUT2D eigenvalue weighted by molar-refractivity contribution is 6.35. The fourth-order valence-corrected chi connectivity index (χ4v) is 4.01. The third-order valence-corrected chi connectivity index (χ3v) is 5.51. The molecular weight excluding hydrogens is 399 g/mol. The highest BCUT2D eigenvalue weighted by atomic mass is 35.5. The molecule has 0 aliphatic heterocycles. The first kappa shape index (κ1) is 17.5. The first-order chi connectivity index (χ1) is 13.5. The molecule has 2 N–H and O–H groups in total. The van der Waals surface area contributed by atoms with Crippen LogP contribution in [0.2, 0.25) is 10.3 Å². The van der Waals surface area contributed by atoms with E-state index in [-0.39, 0.29) is 22.9 Å². The van der Waals surface area contributed by atoms with Crippen LogP contribution in [0.5, 0.6) is 0 Å². The van der Waals surface area contributed by atoms with E-state index in [4.69, 9.17) is 23.2 Å². The van der Waals surface area contributed by atoms with E-state index in [1.165, 1.54) is 0 Å². The van der Waals surface area contributed by atoms with Crippen LogP contribution in [0.1, 0.15) is 37.5 Å². The number of halogens is 2. The zero-order chi connectivity index (χ0) is 19.4. The lowest BCUT2D eigenvalue weighted by molar-refractivity contribution is 0.636. The van der Waals surface area contributed by atoms with Crippen LogP contribution in [0, 0.1) is 0 Å². The maximum Gasteiger partial charge on any atom is 0.260 e. The summed E-state index contributed by atoms with van der Waals surface area (Å²) in [5, 5.41) is 5.33. The molecule has 1 fully saturated rings. The second kappa shape index (κ2) is 6.46. The summed E-state index contributed by atoms with van der Waals surface area (Å²) < 4.78 is 1.86. The fourth-order valence-electron chi connectivity index (χ4n) is 3.59. The van der Waals surface area contributed by atoms with Gasteiger partial charge in [0.1, 0.15) is 5.52 Å². The molecule has 1 atom stereocenters. The molecule has 5 rings (SSSR count). The van der Waals surface area contributed by atoms with Crippen molar-refractivity contribution in [3.63, 3.8) is 0 Å². The summed E-state index contributed by atoms with van der Waals surface area (Å²) >= 11 is 12.4. The number of aromatic amines is 1. The molecule has 9 heteroatoms. The lowest BCUT2D eigenvalue weighted by Gasteiger charge is -2.21. The van der Waals surface area contributed by atoms with Gasteiger partial charge >= 0.3 is 0 Å². The van der Waals surface area contributed by atoms with Gasteiger partial charge in [-0.2, -0.15) is 9.97 Å². The van der Waals surface area contributed by atoms with Crippen molar-refractivity contribution in [2.24, 2.45) is 0 Å². The predicted octanol–water partition coefficient (Wildman–Crippen LogP) is 4.48. The number of nitrogens with zero attached hydrogens (tertiary/aromatic N) is 4. The third kappa shape index (κ3) is 2.82. The number of pyridine rings is 1. The fraction of sp³-hybridized carbons (Fsp3) is 0.263. The maximum atomic E-state index is 13.2. The van der Waals surface area contributed by atoms with Crippen molar-refractivity contribution in [2.75, 3.05) is 5.32 Å².